The van der Waals surface area contributed by atoms with Crippen molar-refractivity contribution in [2.24, 2.45) is 0 Å². The van der Waals surface area contributed by atoms with Crippen molar-refractivity contribution in [1.29, 1.82) is 0 Å². The quantitative estimate of drug-likeness (QED) is 0.685. The van der Waals surface area contributed by atoms with Crippen molar-refractivity contribution in [3.05, 3.63) is 0 Å². The summed E-state index contributed by atoms with van der Waals surface area (Å²) in [6.07, 6.45) is 0.961. The summed E-state index contributed by atoms with van der Waals surface area (Å²) in [5, 5.41) is 9.66. The van der Waals surface area contributed by atoms with Gasteiger partial charge < -0.3 is 9.84 Å². The van der Waals surface area contributed by atoms with E-state index in [4.69, 9.17) is 4.74 Å². The van der Waals surface area contributed by atoms with Gasteiger partial charge >= 0.3 is 0 Å². The van der Waals surface area contributed by atoms with Gasteiger partial charge in [0.1, 0.15) is 9.84 Å². The third kappa shape index (κ3) is 6.12. The second-order valence-corrected chi connectivity index (χ2v) is 6.10. The largest absolute Gasteiger partial charge is 0.390 e. The van der Waals surface area contributed by atoms with Crippen LogP contribution in [0.3, 0.4) is 0 Å². The summed E-state index contributed by atoms with van der Waals surface area (Å²) in [7, 11) is -1.35. The SMILES string of the molecule is CCC(OC)C(O)CCCS(=O)(=O)CC. The minimum Gasteiger partial charge on any atom is -0.390 e. The number of methoxy groups -OCH3 is 1. The Kier molecular flexibility index (Phi) is 7.13. The van der Waals surface area contributed by atoms with Crippen LogP contribution in [0.25, 0.3) is 0 Å². The molecule has 0 heterocycles. The normalized spacial score (nSPS) is 16.3. The molecule has 0 aliphatic carbocycles. The number of ether oxygens (including phenoxy) is 1. The average molecular weight is 238 g/mol. The highest BCUT2D eigenvalue weighted by atomic mass is 32.2. The second-order valence-electron chi connectivity index (χ2n) is 3.63. The van der Waals surface area contributed by atoms with E-state index in [-0.39, 0.29) is 17.6 Å². The predicted octanol–water partition coefficient (Wildman–Crippen LogP) is 0.987. The Bertz CT molecular complexity index is 244. The van der Waals surface area contributed by atoms with Crippen LogP contribution in [-0.2, 0) is 14.6 Å². The smallest absolute Gasteiger partial charge is 0.150 e. The summed E-state index contributed by atoms with van der Waals surface area (Å²) in [4.78, 5) is 0. The van der Waals surface area contributed by atoms with Gasteiger partial charge in [0.15, 0.2) is 0 Å². The van der Waals surface area contributed by atoms with Crippen molar-refractivity contribution in [2.45, 2.75) is 45.3 Å². The standard InChI is InChI=1S/C10H22O4S/c1-4-10(14-3)9(11)7-6-8-15(12,13)5-2/h9-11H,4-8H2,1-3H3. The van der Waals surface area contributed by atoms with Gasteiger partial charge in [0.2, 0.25) is 0 Å². The van der Waals surface area contributed by atoms with Gasteiger partial charge in [0, 0.05) is 12.9 Å². The van der Waals surface area contributed by atoms with E-state index in [2.05, 4.69) is 0 Å². The van der Waals surface area contributed by atoms with Crippen molar-refractivity contribution in [1.82, 2.24) is 0 Å². The van der Waals surface area contributed by atoms with Gasteiger partial charge in [-0.3, -0.25) is 0 Å². The van der Waals surface area contributed by atoms with Crippen molar-refractivity contribution < 1.29 is 18.3 Å². The van der Waals surface area contributed by atoms with Gasteiger partial charge in [0.25, 0.3) is 0 Å². The topological polar surface area (TPSA) is 63.6 Å². The highest BCUT2D eigenvalue weighted by Crippen LogP contribution is 2.10. The molecule has 0 rings (SSSR count). The number of aliphatic hydroxyl groups excluding tert-OH is 1. The molecule has 0 spiro atoms. The van der Waals surface area contributed by atoms with Crippen LogP contribution in [0.5, 0.6) is 0 Å². The van der Waals surface area contributed by atoms with Crippen molar-refractivity contribution in [3.8, 4) is 0 Å². The van der Waals surface area contributed by atoms with Gasteiger partial charge in [0.05, 0.1) is 18.0 Å². The predicted molar refractivity (Wildman–Crippen MR) is 60.7 cm³/mol. The Balaban J connectivity index is 3.86. The summed E-state index contributed by atoms with van der Waals surface area (Å²) < 4.78 is 27.4. The van der Waals surface area contributed by atoms with Crippen LogP contribution in [0.1, 0.15) is 33.1 Å². The minimum atomic E-state index is -2.91. The van der Waals surface area contributed by atoms with Crippen LogP contribution in [0.4, 0.5) is 0 Å². The zero-order valence-electron chi connectivity index (χ0n) is 9.77. The van der Waals surface area contributed by atoms with Gasteiger partial charge in [-0.15, -0.1) is 0 Å². The summed E-state index contributed by atoms with van der Waals surface area (Å²) >= 11 is 0. The van der Waals surface area contributed by atoms with Crippen LogP contribution in [0.2, 0.25) is 0 Å². The number of aliphatic hydroxyl groups is 1. The van der Waals surface area contributed by atoms with E-state index in [1.54, 1.807) is 14.0 Å². The molecule has 0 aromatic heterocycles. The first-order valence-electron chi connectivity index (χ1n) is 5.38. The summed E-state index contributed by atoms with van der Waals surface area (Å²) in [5.41, 5.74) is 0. The average Bonchev–Trinajstić information content (AvgIpc) is 2.19. The molecule has 2 unspecified atom stereocenters. The molecule has 0 saturated carbocycles. The molecule has 5 heteroatoms. The molecule has 15 heavy (non-hydrogen) atoms. The third-order valence-electron chi connectivity index (χ3n) is 2.53. The number of hydrogen-bond acceptors (Lipinski definition) is 4. The molecule has 0 radical (unpaired) electrons. The minimum absolute atomic E-state index is 0.153. The number of sulfone groups is 1. The zero-order valence-corrected chi connectivity index (χ0v) is 10.6. The monoisotopic (exact) mass is 238 g/mol. The second kappa shape index (κ2) is 7.19. The van der Waals surface area contributed by atoms with Crippen LogP contribution in [-0.4, -0.2) is 44.3 Å². The molecule has 0 fully saturated rings. The molecule has 4 nitrogen and oxygen atoms in total. The Labute approximate surface area is 92.6 Å². The Morgan fingerprint density at radius 2 is 1.93 bits per heavy atom. The molecule has 0 aromatic carbocycles. The molecule has 1 N–H and O–H groups in total. The maximum absolute atomic E-state index is 11.2. The number of hydrogen-bond donors (Lipinski definition) is 1. The molecule has 0 aliphatic rings. The Morgan fingerprint density at radius 3 is 2.33 bits per heavy atom. The van der Waals surface area contributed by atoms with Gasteiger partial charge in [-0.1, -0.05) is 13.8 Å². The first-order valence-corrected chi connectivity index (χ1v) is 7.20. The van der Waals surface area contributed by atoms with E-state index in [1.807, 2.05) is 6.92 Å². The molecule has 0 aliphatic heterocycles. The van der Waals surface area contributed by atoms with Gasteiger partial charge in [-0.25, -0.2) is 8.42 Å². The lowest BCUT2D eigenvalue weighted by molar-refractivity contribution is -0.0173. The first-order chi connectivity index (χ1) is 6.96. The summed E-state index contributed by atoms with van der Waals surface area (Å²) in [5.74, 6) is 0.325. The molecule has 0 aromatic rings. The first kappa shape index (κ1) is 14.9. The lowest BCUT2D eigenvalue weighted by Crippen LogP contribution is -2.27. The lowest BCUT2D eigenvalue weighted by Gasteiger charge is -2.19. The Hall–Kier alpha value is -0.130. The third-order valence-corrected chi connectivity index (χ3v) is 4.32. The highest BCUT2D eigenvalue weighted by molar-refractivity contribution is 7.91. The molecule has 0 saturated heterocycles. The van der Waals surface area contributed by atoms with Crippen LogP contribution in [0.15, 0.2) is 0 Å². The maximum Gasteiger partial charge on any atom is 0.150 e. The van der Waals surface area contributed by atoms with Crippen LogP contribution >= 0.6 is 0 Å². The molecular weight excluding hydrogens is 216 g/mol. The summed E-state index contributed by atoms with van der Waals surface area (Å²) in [6, 6.07) is 0. The van der Waals surface area contributed by atoms with Crippen molar-refractivity contribution in [3.63, 3.8) is 0 Å². The summed E-state index contributed by atoms with van der Waals surface area (Å²) in [6.45, 7) is 3.57. The molecule has 2 atom stereocenters. The van der Waals surface area contributed by atoms with Crippen LogP contribution < -0.4 is 0 Å². The van der Waals surface area contributed by atoms with Crippen molar-refractivity contribution >= 4 is 9.84 Å². The Morgan fingerprint density at radius 1 is 1.33 bits per heavy atom. The van der Waals surface area contributed by atoms with E-state index in [1.165, 1.54) is 0 Å². The van der Waals surface area contributed by atoms with E-state index < -0.39 is 15.9 Å². The molecule has 0 bridgehead atoms. The number of rotatable bonds is 8. The fourth-order valence-corrected chi connectivity index (χ4v) is 2.33. The fraction of sp³-hybridized carbons (Fsp3) is 1.00. The van der Waals surface area contributed by atoms with E-state index in [9.17, 15) is 13.5 Å². The van der Waals surface area contributed by atoms with Gasteiger partial charge in [-0.05, 0) is 19.3 Å². The van der Waals surface area contributed by atoms with Crippen molar-refractivity contribution in [2.75, 3.05) is 18.6 Å². The van der Waals surface area contributed by atoms with Gasteiger partial charge in [-0.2, -0.15) is 0 Å². The molecule has 92 valence electrons. The molecular formula is C10H22O4S. The van der Waals surface area contributed by atoms with E-state index in [0.29, 0.717) is 12.8 Å². The maximum atomic E-state index is 11.2. The zero-order chi connectivity index (χ0) is 11.9. The van der Waals surface area contributed by atoms with Crippen LogP contribution in [0, 0.1) is 0 Å². The highest BCUT2D eigenvalue weighted by Gasteiger charge is 2.17. The lowest BCUT2D eigenvalue weighted by atomic mass is 10.1. The molecule has 0 amide bonds. The van der Waals surface area contributed by atoms with E-state index in [0.717, 1.165) is 6.42 Å². The fourth-order valence-electron chi connectivity index (χ4n) is 1.44. The van der Waals surface area contributed by atoms with E-state index >= 15 is 0 Å².